The lowest BCUT2D eigenvalue weighted by molar-refractivity contribution is -0.132. The van der Waals surface area contributed by atoms with Crippen molar-refractivity contribution in [3.05, 3.63) is 0 Å². The Balaban J connectivity index is 2.17. The predicted molar refractivity (Wildman–Crippen MR) is 48.8 cm³/mol. The Hall–Kier alpha value is -0.360. The number of nitrogens with one attached hydrogen (secondary N) is 2. The fraction of sp³-hybridized carbons (Fsp3) is 0.667. The molecule has 3 saturated heterocycles. The molecule has 12 heavy (non-hydrogen) atoms. The van der Waals surface area contributed by atoms with Crippen molar-refractivity contribution in [2.24, 2.45) is 0 Å². The number of thioether (sulfide) groups is 2. The van der Waals surface area contributed by atoms with Crippen LogP contribution in [0.15, 0.2) is 0 Å². The molecule has 0 aromatic rings. The van der Waals surface area contributed by atoms with Crippen LogP contribution in [-0.2, 0) is 9.59 Å². The number of piperazine rings is 1. The van der Waals surface area contributed by atoms with E-state index in [1.165, 1.54) is 23.5 Å². The fourth-order valence-corrected chi connectivity index (χ4v) is 3.19. The summed E-state index contributed by atoms with van der Waals surface area (Å²) in [5.74, 6) is 1.69. The van der Waals surface area contributed by atoms with E-state index in [4.69, 9.17) is 0 Å². The quantitative estimate of drug-likeness (QED) is 0.551. The van der Waals surface area contributed by atoms with Crippen LogP contribution in [0.25, 0.3) is 0 Å². The number of rotatable bonds is 0. The third-order valence-electron chi connectivity index (χ3n) is 1.68. The molecule has 66 valence electrons. The Morgan fingerprint density at radius 2 is 1.42 bits per heavy atom. The molecule has 3 rings (SSSR count). The van der Waals surface area contributed by atoms with Crippen LogP contribution in [0.2, 0.25) is 0 Å². The van der Waals surface area contributed by atoms with Crippen LogP contribution in [0.5, 0.6) is 0 Å². The molecule has 0 aromatic carbocycles. The summed E-state index contributed by atoms with van der Waals surface area (Å²) in [6, 6.07) is 0. The number of carbonyl (C=O) groups is 2. The highest BCUT2D eigenvalue weighted by Gasteiger charge is 2.35. The molecular weight excluding hydrogens is 196 g/mol. The first kappa shape index (κ1) is 8.25. The second-order valence-electron chi connectivity index (χ2n) is 2.52. The average molecular weight is 204 g/mol. The Morgan fingerprint density at radius 1 is 1.00 bits per heavy atom. The number of hydrogen-bond donors (Lipinski definition) is 2. The van der Waals surface area contributed by atoms with Crippen molar-refractivity contribution in [1.82, 2.24) is 10.6 Å². The van der Waals surface area contributed by atoms with Crippen LogP contribution in [-0.4, -0.2) is 34.1 Å². The van der Waals surface area contributed by atoms with Gasteiger partial charge in [0.05, 0.1) is 0 Å². The van der Waals surface area contributed by atoms with E-state index in [1.54, 1.807) is 0 Å². The molecular formula is C6H8N2O2S2. The Kier molecular flexibility index (Phi) is 2.18. The zero-order chi connectivity index (χ0) is 8.55. The summed E-state index contributed by atoms with van der Waals surface area (Å²) in [4.78, 5) is 22.4. The van der Waals surface area contributed by atoms with E-state index in [0.29, 0.717) is 0 Å². The topological polar surface area (TPSA) is 58.2 Å². The highest BCUT2D eigenvalue weighted by molar-refractivity contribution is 8.04. The van der Waals surface area contributed by atoms with Gasteiger partial charge in [0.1, 0.15) is 0 Å². The second kappa shape index (κ2) is 3.18. The fourth-order valence-electron chi connectivity index (χ4n) is 1.11. The minimum absolute atomic E-state index is 0.0724. The summed E-state index contributed by atoms with van der Waals surface area (Å²) in [6.07, 6.45) is 0. The molecule has 2 amide bonds. The largest absolute Gasteiger partial charge is 0.333 e. The van der Waals surface area contributed by atoms with Gasteiger partial charge in [-0.3, -0.25) is 9.59 Å². The monoisotopic (exact) mass is 204 g/mol. The molecule has 2 bridgehead atoms. The average Bonchev–Trinajstić information content (AvgIpc) is 2.00. The van der Waals surface area contributed by atoms with Gasteiger partial charge < -0.3 is 10.6 Å². The second-order valence-corrected chi connectivity index (χ2v) is 4.94. The molecule has 2 atom stereocenters. The molecule has 0 spiro atoms. The lowest BCUT2D eigenvalue weighted by Crippen LogP contribution is -2.60. The highest BCUT2D eigenvalue weighted by atomic mass is 32.2. The van der Waals surface area contributed by atoms with Gasteiger partial charge in [-0.25, -0.2) is 0 Å². The van der Waals surface area contributed by atoms with E-state index in [-0.39, 0.29) is 22.6 Å². The van der Waals surface area contributed by atoms with Crippen LogP contribution < -0.4 is 10.6 Å². The van der Waals surface area contributed by atoms with Gasteiger partial charge in [0.15, 0.2) is 10.7 Å². The van der Waals surface area contributed by atoms with Crippen molar-refractivity contribution in [3.63, 3.8) is 0 Å². The van der Waals surface area contributed by atoms with Crippen molar-refractivity contribution < 1.29 is 9.59 Å². The first-order valence-electron chi connectivity index (χ1n) is 3.61. The Bertz CT molecular complexity index is 210. The SMILES string of the molecule is O=C1NC2SCCSC1NC2=O. The minimum Gasteiger partial charge on any atom is -0.333 e. The standard InChI is InChI=1S/C6H8N2O2S2/c9-3-5-7-4(10)6(8-3)12-2-1-11-5/h5-6H,1-2H2,(H,7,10)(H,8,9). The molecule has 2 N–H and O–H groups in total. The van der Waals surface area contributed by atoms with Gasteiger partial charge in [-0.15, -0.1) is 23.5 Å². The van der Waals surface area contributed by atoms with Gasteiger partial charge in [-0.2, -0.15) is 0 Å². The van der Waals surface area contributed by atoms with Crippen molar-refractivity contribution in [1.29, 1.82) is 0 Å². The summed E-state index contributed by atoms with van der Waals surface area (Å²) in [7, 11) is 0. The van der Waals surface area contributed by atoms with Crippen LogP contribution in [0.4, 0.5) is 0 Å². The first-order chi connectivity index (χ1) is 5.77. The van der Waals surface area contributed by atoms with Crippen LogP contribution >= 0.6 is 23.5 Å². The zero-order valence-corrected chi connectivity index (χ0v) is 7.83. The summed E-state index contributed by atoms with van der Waals surface area (Å²) in [5, 5.41) is 4.59. The van der Waals surface area contributed by atoms with Gasteiger partial charge in [0.2, 0.25) is 0 Å². The molecule has 6 heteroatoms. The lowest BCUT2D eigenvalue weighted by atomic mass is 10.4. The van der Waals surface area contributed by atoms with Crippen molar-refractivity contribution >= 4 is 35.3 Å². The lowest BCUT2D eigenvalue weighted by Gasteiger charge is -2.31. The van der Waals surface area contributed by atoms with Gasteiger partial charge in [-0.1, -0.05) is 0 Å². The third-order valence-corrected chi connectivity index (χ3v) is 4.14. The van der Waals surface area contributed by atoms with Crippen LogP contribution in [0, 0.1) is 0 Å². The predicted octanol–water partition coefficient (Wildman–Crippen LogP) is -0.635. The van der Waals surface area contributed by atoms with Crippen LogP contribution in [0.1, 0.15) is 0 Å². The molecule has 4 nitrogen and oxygen atoms in total. The van der Waals surface area contributed by atoms with Gasteiger partial charge in [0, 0.05) is 11.5 Å². The van der Waals surface area contributed by atoms with E-state index < -0.39 is 0 Å². The highest BCUT2D eigenvalue weighted by Crippen LogP contribution is 2.22. The van der Waals surface area contributed by atoms with E-state index in [1.807, 2.05) is 0 Å². The van der Waals surface area contributed by atoms with E-state index >= 15 is 0 Å². The van der Waals surface area contributed by atoms with Gasteiger partial charge in [0.25, 0.3) is 11.8 Å². The number of hydrogen-bond acceptors (Lipinski definition) is 4. The van der Waals surface area contributed by atoms with E-state index in [9.17, 15) is 9.59 Å². The molecule has 0 aromatic heterocycles. The smallest absolute Gasteiger partial charge is 0.254 e. The van der Waals surface area contributed by atoms with Crippen molar-refractivity contribution in [3.8, 4) is 0 Å². The summed E-state index contributed by atoms with van der Waals surface area (Å²) < 4.78 is 0. The molecule has 3 aliphatic rings. The number of fused-ring (bicyclic) bond motifs is 5. The molecule has 2 unspecified atom stereocenters. The molecule has 3 heterocycles. The normalized spacial score (nSPS) is 35.0. The summed E-state index contributed by atoms with van der Waals surface area (Å²) >= 11 is 2.96. The molecule has 3 fully saturated rings. The number of amides is 2. The number of carbonyl (C=O) groups excluding carboxylic acids is 2. The van der Waals surface area contributed by atoms with Gasteiger partial charge >= 0.3 is 0 Å². The molecule has 0 aliphatic carbocycles. The Morgan fingerprint density at radius 3 is 1.83 bits per heavy atom. The van der Waals surface area contributed by atoms with Crippen molar-refractivity contribution in [2.45, 2.75) is 10.7 Å². The van der Waals surface area contributed by atoms with Gasteiger partial charge in [-0.05, 0) is 0 Å². The molecule has 0 radical (unpaired) electrons. The van der Waals surface area contributed by atoms with Crippen LogP contribution in [0.3, 0.4) is 0 Å². The maximum absolute atomic E-state index is 11.2. The minimum atomic E-state index is -0.366. The Labute approximate surface area is 78.2 Å². The summed E-state index contributed by atoms with van der Waals surface area (Å²) in [6.45, 7) is 0. The molecule has 3 aliphatic heterocycles. The van der Waals surface area contributed by atoms with E-state index in [2.05, 4.69) is 10.6 Å². The first-order valence-corrected chi connectivity index (χ1v) is 5.71. The zero-order valence-electron chi connectivity index (χ0n) is 6.20. The maximum atomic E-state index is 11.2. The summed E-state index contributed by atoms with van der Waals surface area (Å²) in [5.41, 5.74) is 0. The molecule has 0 saturated carbocycles. The third kappa shape index (κ3) is 1.40. The van der Waals surface area contributed by atoms with E-state index in [0.717, 1.165) is 11.5 Å². The van der Waals surface area contributed by atoms with Crippen molar-refractivity contribution in [2.75, 3.05) is 11.5 Å². The maximum Gasteiger partial charge on any atom is 0.254 e.